The van der Waals surface area contributed by atoms with Crippen molar-refractivity contribution < 1.29 is 9.53 Å². The van der Waals surface area contributed by atoms with Gasteiger partial charge in [0.05, 0.1) is 0 Å². The van der Waals surface area contributed by atoms with Crippen molar-refractivity contribution in [2.24, 2.45) is 0 Å². The molecule has 1 fully saturated rings. The van der Waals surface area contributed by atoms with Crippen molar-refractivity contribution in [3.8, 4) is 0 Å². The molecule has 1 aliphatic carbocycles. The van der Waals surface area contributed by atoms with Crippen molar-refractivity contribution >= 4 is 6.09 Å². The summed E-state index contributed by atoms with van der Waals surface area (Å²) in [5.41, 5.74) is 0.514. The fourth-order valence-electron chi connectivity index (χ4n) is 2.04. The summed E-state index contributed by atoms with van der Waals surface area (Å²) >= 11 is 0. The molecule has 3 rings (SSSR count). The molecule has 1 heterocycles. The molecule has 6 heteroatoms. The number of nitrogens with one attached hydrogen (secondary N) is 2. The van der Waals surface area contributed by atoms with Gasteiger partial charge in [0.25, 0.3) is 0 Å². The van der Waals surface area contributed by atoms with Crippen LogP contribution in [0.15, 0.2) is 30.3 Å². The number of aromatic amines is 1. The van der Waals surface area contributed by atoms with Crippen molar-refractivity contribution in [3.05, 3.63) is 47.5 Å². The van der Waals surface area contributed by atoms with Crippen LogP contribution in [0.25, 0.3) is 0 Å². The summed E-state index contributed by atoms with van der Waals surface area (Å²) in [6.45, 7) is 2.09. The fourth-order valence-corrected chi connectivity index (χ4v) is 2.04. The van der Waals surface area contributed by atoms with Gasteiger partial charge in [0.2, 0.25) is 0 Å². The molecule has 2 aromatic rings. The van der Waals surface area contributed by atoms with Gasteiger partial charge in [-0.1, -0.05) is 30.3 Å². The normalized spacial score (nSPS) is 15.7. The van der Waals surface area contributed by atoms with Crippen LogP contribution in [0.4, 0.5) is 4.79 Å². The minimum absolute atomic E-state index is 0.260. The lowest BCUT2D eigenvalue weighted by molar-refractivity contribution is 0.133. The molecule has 0 saturated heterocycles. The van der Waals surface area contributed by atoms with Gasteiger partial charge in [-0.05, 0) is 25.3 Å². The van der Waals surface area contributed by atoms with Gasteiger partial charge >= 0.3 is 6.09 Å². The van der Waals surface area contributed by atoms with Crippen LogP contribution in [0.3, 0.4) is 0 Å². The molecular weight excluding hydrogens is 256 g/mol. The zero-order chi connectivity index (χ0) is 14.0. The van der Waals surface area contributed by atoms with Gasteiger partial charge in [-0.25, -0.2) is 9.78 Å². The standard InChI is InChI=1S/C14H16N4O2/c1-10-15-12(18-17-10)14(7-8-14)16-13(19)20-9-11-5-3-2-4-6-11/h2-6H,7-9H2,1H3,(H,16,19)(H,15,17,18). The molecule has 0 spiro atoms. The van der Waals surface area contributed by atoms with Gasteiger partial charge in [0.1, 0.15) is 18.0 Å². The van der Waals surface area contributed by atoms with Crippen molar-refractivity contribution in [2.75, 3.05) is 0 Å². The first-order valence-electron chi connectivity index (χ1n) is 6.56. The SMILES string of the molecule is Cc1nc(C2(NC(=O)OCc3ccccc3)CC2)n[nH]1. The molecule has 6 nitrogen and oxygen atoms in total. The lowest BCUT2D eigenvalue weighted by Crippen LogP contribution is -2.36. The Bertz CT molecular complexity index is 605. The predicted molar refractivity (Wildman–Crippen MR) is 71.8 cm³/mol. The number of amides is 1. The summed E-state index contributed by atoms with van der Waals surface area (Å²) in [5.74, 6) is 1.37. The summed E-state index contributed by atoms with van der Waals surface area (Å²) in [7, 11) is 0. The number of carbonyl (C=O) groups is 1. The van der Waals surface area contributed by atoms with Gasteiger partial charge in [0, 0.05) is 0 Å². The summed E-state index contributed by atoms with van der Waals surface area (Å²) in [5, 5.41) is 9.77. The smallest absolute Gasteiger partial charge is 0.408 e. The van der Waals surface area contributed by atoms with E-state index in [2.05, 4.69) is 20.5 Å². The second-order valence-electron chi connectivity index (χ2n) is 5.01. The molecule has 1 aromatic carbocycles. The van der Waals surface area contributed by atoms with E-state index in [1.54, 1.807) is 0 Å². The van der Waals surface area contributed by atoms with Crippen LogP contribution in [0.5, 0.6) is 0 Å². The van der Waals surface area contributed by atoms with E-state index >= 15 is 0 Å². The molecule has 0 atom stereocenters. The minimum atomic E-state index is -0.446. The van der Waals surface area contributed by atoms with Crippen LogP contribution >= 0.6 is 0 Å². The highest BCUT2D eigenvalue weighted by atomic mass is 16.5. The van der Waals surface area contributed by atoms with E-state index in [4.69, 9.17) is 4.74 Å². The Kier molecular flexibility index (Phi) is 3.14. The molecule has 1 amide bonds. The van der Waals surface area contributed by atoms with Gasteiger partial charge in [-0.3, -0.25) is 5.10 Å². The average Bonchev–Trinajstić information content (AvgIpc) is 3.10. The molecule has 0 aliphatic heterocycles. The van der Waals surface area contributed by atoms with Crippen molar-refractivity contribution in [3.63, 3.8) is 0 Å². The molecule has 104 valence electrons. The molecule has 2 N–H and O–H groups in total. The van der Waals surface area contributed by atoms with Crippen LogP contribution in [-0.4, -0.2) is 21.3 Å². The zero-order valence-corrected chi connectivity index (χ0v) is 11.2. The molecule has 0 unspecified atom stereocenters. The number of hydrogen-bond acceptors (Lipinski definition) is 4. The van der Waals surface area contributed by atoms with E-state index in [-0.39, 0.29) is 6.61 Å². The van der Waals surface area contributed by atoms with Crippen LogP contribution in [0.1, 0.15) is 30.1 Å². The Balaban J connectivity index is 1.57. The summed E-state index contributed by atoms with van der Waals surface area (Å²) in [6.07, 6.45) is 1.24. The fraction of sp³-hybridized carbons (Fsp3) is 0.357. The van der Waals surface area contributed by atoms with Crippen LogP contribution in [-0.2, 0) is 16.9 Å². The third kappa shape index (κ3) is 2.64. The molecular formula is C14H16N4O2. The first kappa shape index (κ1) is 12.7. The van der Waals surface area contributed by atoms with Crippen LogP contribution < -0.4 is 5.32 Å². The highest BCUT2D eigenvalue weighted by molar-refractivity contribution is 5.69. The van der Waals surface area contributed by atoms with Gasteiger partial charge in [-0.2, -0.15) is 5.10 Å². The van der Waals surface area contributed by atoms with Crippen LogP contribution in [0.2, 0.25) is 0 Å². The quantitative estimate of drug-likeness (QED) is 0.892. The maximum atomic E-state index is 11.9. The second-order valence-corrected chi connectivity index (χ2v) is 5.01. The Morgan fingerprint density at radius 1 is 1.40 bits per heavy atom. The molecule has 1 aromatic heterocycles. The van der Waals surface area contributed by atoms with E-state index in [1.807, 2.05) is 37.3 Å². The minimum Gasteiger partial charge on any atom is -0.445 e. The molecule has 0 radical (unpaired) electrons. The molecule has 0 bridgehead atoms. The number of rotatable bonds is 4. The Morgan fingerprint density at radius 2 is 2.15 bits per heavy atom. The number of alkyl carbamates (subject to hydrolysis) is 1. The number of nitrogens with zero attached hydrogens (tertiary/aromatic N) is 2. The maximum absolute atomic E-state index is 11.9. The number of H-pyrrole nitrogens is 1. The third-order valence-electron chi connectivity index (χ3n) is 3.33. The third-order valence-corrected chi connectivity index (χ3v) is 3.33. The number of aryl methyl sites for hydroxylation is 1. The lowest BCUT2D eigenvalue weighted by atomic mass is 10.2. The largest absolute Gasteiger partial charge is 0.445 e. The topological polar surface area (TPSA) is 79.9 Å². The predicted octanol–water partition coefficient (Wildman–Crippen LogP) is 2.03. The number of aromatic nitrogens is 3. The summed E-state index contributed by atoms with van der Waals surface area (Å²) in [6, 6.07) is 9.58. The van der Waals surface area contributed by atoms with Gasteiger partial charge in [-0.15, -0.1) is 0 Å². The zero-order valence-electron chi connectivity index (χ0n) is 11.2. The Hall–Kier alpha value is -2.37. The monoisotopic (exact) mass is 272 g/mol. The van der Waals surface area contributed by atoms with Crippen molar-refractivity contribution in [1.29, 1.82) is 0 Å². The van der Waals surface area contributed by atoms with E-state index in [0.717, 1.165) is 24.2 Å². The van der Waals surface area contributed by atoms with Crippen molar-refractivity contribution in [2.45, 2.75) is 31.9 Å². The molecule has 1 aliphatic rings. The molecule has 1 saturated carbocycles. The highest BCUT2D eigenvalue weighted by Crippen LogP contribution is 2.43. The van der Waals surface area contributed by atoms with Gasteiger partial charge in [0.15, 0.2) is 5.82 Å². The second kappa shape index (κ2) is 4.96. The van der Waals surface area contributed by atoms with E-state index in [9.17, 15) is 4.79 Å². The highest BCUT2D eigenvalue weighted by Gasteiger charge is 2.49. The van der Waals surface area contributed by atoms with Crippen molar-refractivity contribution in [1.82, 2.24) is 20.5 Å². The number of hydrogen-bond donors (Lipinski definition) is 2. The first-order valence-corrected chi connectivity index (χ1v) is 6.56. The Morgan fingerprint density at radius 3 is 2.75 bits per heavy atom. The van der Waals surface area contributed by atoms with E-state index < -0.39 is 11.6 Å². The Labute approximate surface area is 116 Å². The van der Waals surface area contributed by atoms with E-state index in [0.29, 0.717) is 5.82 Å². The lowest BCUT2D eigenvalue weighted by Gasteiger charge is -2.13. The average molecular weight is 272 g/mol. The number of ether oxygens (including phenoxy) is 1. The van der Waals surface area contributed by atoms with E-state index in [1.165, 1.54) is 0 Å². The first-order chi connectivity index (χ1) is 9.68. The van der Waals surface area contributed by atoms with Gasteiger partial charge < -0.3 is 10.1 Å². The number of carbonyl (C=O) groups excluding carboxylic acids is 1. The van der Waals surface area contributed by atoms with Crippen LogP contribution in [0, 0.1) is 6.92 Å². The maximum Gasteiger partial charge on any atom is 0.408 e. The summed E-state index contributed by atoms with van der Waals surface area (Å²) < 4.78 is 5.22. The molecule has 20 heavy (non-hydrogen) atoms. The summed E-state index contributed by atoms with van der Waals surface area (Å²) in [4.78, 5) is 16.1. The number of benzene rings is 1.